The van der Waals surface area contributed by atoms with E-state index in [2.05, 4.69) is 19.7 Å². The van der Waals surface area contributed by atoms with Crippen molar-refractivity contribution in [1.29, 1.82) is 5.26 Å². The van der Waals surface area contributed by atoms with Crippen molar-refractivity contribution in [2.24, 2.45) is 5.92 Å². The molecular weight excluding hydrogens is 459 g/mol. The van der Waals surface area contributed by atoms with E-state index in [9.17, 15) is 18.5 Å². The van der Waals surface area contributed by atoms with Gasteiger partial charge < -0.3 is 9.88 Å². The highest BCUT2D eigenvalue weighted by Gasteiger charge is 2.47. The molecule has 1 amide bonds. The van der Waals surface area contributed by atoms with Crippen molar-refractivity contribution in [2.45, 2.75) is 43.5 Å². The van der Waals surface area contributed by atoms with E-state index in [-0.39, 0.29) is 11.8 Å². The number of hydrogen-bond acceptors (Lipinski definition) is 6. The molecule has 0 unspecified atom stereocenters. The highest BCUT2D eigenvalue weighted by atomic mass is 32.2. The predicted molar refractivity (Wildman–Crippen MR) is 123 cm³/mol. The summed E-state index contributed by atoms with van der Waals surface area (Å²) in [4.78, 5) is 25.3. The predicted octanol–water partition coefficient (Wildman–Crippen LogP) is 2.86. The van der Waals surface area contributed by atoms with Gasteiger partial charge in [0.15, 0.2) is 0 Å². The summed E-state index contributed by atoms with van der Waals surface area (Å²) in [7, 11) is -4.23. The van der Waals surface area contributed by atoms with Gasteiger partial charge >= 0.3 is 0 Å². The molecule has 3 aromatic rings. The van der Waals surface area contributed by atoms with Gasteiger partial charge in [0, 0.05) is 29.9 Å². The van der Waals surface area contributed by atoms with Crippen molar-refractivity contribution in [3.63, 3.8) is 0 Å². The molecule has 0 spiro atoms. The van der Waals surface area contributed by atoms with Gasteiger partial charge in [0.25, 0.3) is 0 Å². The molecule has 0 atom stereocenters. The van der Waals surface area contributed by atoms with E-state index in [1.165, 1.54) is 18.5 Å². The Hall–Kier alpha value is -3.36. The van der Waals surface area contributed by atoms with Crippen LogP contribution >= 0.6 is 0 Å². The lowest BCUT2D eigenvalue weighted by molar-refractivity contribution is -0.134. The fourth-order valence-electron chi connectivity index (χ4n) is 4.30. The third-order valence-electron chi connectivity index (χ3n) is 6.34. The molecule has 1 saturated carbocycles. The number of aromatic amines is 1. The highest BCUT2D eigenvalue weighted by Crippen LogP contribution is 2.38. The first kappa shape index (κ1) is 22.4. The van der Waals surface area contributed by atoms with Gasteiger partial charge in [-0.3, -0.25) is 4.79 Å². The van der Waals surface area contributed by atoms with E-state index in [1.54, 1.807) is 4.90 Å². The fraction of sp³-hybridized carbons (Fsp3) is 0.391. The molecule has 176 valence electrons. The zero-order valence-electron chi connectivity index (χ0n) is 18.7. The molecule has 2 aromatic heterocycles. The Bertz CT molecular complexity index is 1510. The summed E-state index contributed by atoms with van der Waals surface area (Å²) in [5, 5.41) is 10.3. The lowest BCUT2D eigenvalue weighted by Crippen LogP contribution is -2.37. The van der Waals surface area contributed by atoms with Crippen LogP contribution in [0.15, 0.2) is 29.4 Å². The number of H-pyrrole nitrogens is 1. The summed E-state index contributed by atoms with van der Waals surface area (Å²) in [6.07, 6.45) is 4.73. The second-order valence-corrected chi connectivity index (χ2v) is 10.8. The van der Waals surface area contributed by atoms with Crippen LogP contribution in [0.5, 0.6) is 0 Å². The smallest absolute Gasteiger partial charge is 0.244 e. The number of nitrogens with one attached hydrogen (secondary N) is 2. The standard InChI is InChI=1S/C23H23FN6O3S/c1-13(2)22(31)30-7-3-14(4-8-30)20-19-15-9-16(24)18(10-17(15)28-21(19)27-12-26-20)34(32,33)29-23(11-25)5-6-23/h3,9-10,12-13,29H,4-8H2,1-2H3,(H,26,27,28). The molecule has 2 aliphatic rings. The molecule has 34 heavy (non-hydrogen) atoms. The largest absolute Gasteiger partial charge is 0.339 e. The van der Waals surface area contributed by atoms with Gasteiger partial charge in [0.05, 0.1) is 17.1 Å². The number of nitriles is 1. The van der Waals surface area contributed by atoms with Crippen LogP contribution in [-0.2, 0) is 14.8 Å². The van der Waals surface area contributed by atoms with Crippen LogP contribution in [0.25, 0.3) is 27.5 Å². The van der Waals surface area contributed by atoms with Gasteiger partial charge in [-0.05, 0) is 37.0 Å². The number of aromatic nitrogens is 3. The zero-order valence-corrected chi connectivity index (χ0v) is 19.5. The molecule has 1 fully saturated rings. The maximum atomic E-state index is 15.1. The summed E-state index contributed by atoms with van der Waals surface area (Å²) in [6.45, 7) is 4.75. The molecule has 0 bridgehead atoms. The summed E-state index contributed by atoms with van der Waals surface area (Å²) < 4.78 is 43.0. The van der Waals surface area contributed by atoms with Crippen molar-refractivity contribution in [3.8, 4) is 6.07 Å². The Balaban J connectivity index is 1.56. The van der Waals surface area contributed by atoms with Crippen molar-refractivity contribution in [3.05, 3.63) is 36.0 Å². The van der Waals surface area contributed by atoms with E-state index in [4.69, 9.17) is 0 Å². The number of fused-ring (bicyclic) bond motifs is 3. The van der Waals surface area contributed by atoms with Crippen LogP contribution in [-0.4, -0.2) is 52.8 Å². The van der Waals surface area contributed by atoms with Gasteiger partial charge in [-0.1, -0.05) is 19.9 Å². The maximum absolute atomic E-state index is 15.1. The number of halogens is 1. The zero-order chi connectivity index (χ0) is 24.3. The summed E-state index contributed by atoms with van der Waals surface area (Å²) in [5.41, 5.74) is 1.25. The Morgan fingerprint density at radius 2 is 2.09 bits per heavy atom. The number of amides is 1. The van der Waals surface area contributed by atoms with Crippen molar-refractivity contribution in [1.82, 2.24) is 24.6 Å². The Kier molecular flexibility index (Phi) is 5.18. The minimum absolute atomic E-state index is 0.0831. The second kappa shape index (κ2) is 7.85. The third-order valence-corrected chi connectivity index (χ3v) is 7.90. The molecule has 11 heteroatoms. The average Bonchev–Trinajstić information content (AvgIpc) is 3.48. The van der Waals surface area contributed by atoms with Gasteiger partial charge in [-0.15, -0.1) is 0 Å². The Labute approximate surface area is 195 Å². The van der Waals surface area contributed by atoms with Crippen LogP contribution in [0.1, 0.15) is 38.8 Å². The number of sulfonamides is 1. The van der Waals surface area contributed by atoms with Gasteiger partial charge in [-0.2, -0.15) is 9.98 Å². The minimum Gasteiger partial charge on any atom is -0.339 e. The lowest BCUT2D eigenvalue weighted by Gasteiger charge is -2.28. The molecule has 1 aromatic carbocycles. The van der Waals surface area contributed by atoms with E-state index in [0.29, 0.717) is 60.0 Å². The Morgan fingerprint density at radius 3 is 2.71 bits per heavy atom. The number of nitrogens with zero attached hydrogens (tertiary/aromatic N) is 4. The first-order valence-corrected chi connectivity index (χ1v) is 12.5. The lowest BCUT2D eigenvalue weighted by atomic mass is 10.00. The van der Waals surface area contributed by atoms with Gasteiger partial charge in [0.1, 0.15) is 28.2 Å². The van der Waals surface area contributed by atoms with Crippen LogP contribution in [0.3, 0.4) is 0 Å². The molecule has 5 rings (SSSR count). The quantitative estimate of drug-likeness (QED) is 0.575. The fourth-order valence-corrected chi connectivity index (χ4v) is 5.76. The van der Waals surface area contributed by atoms with E-state index < -0.39 is 26.3 Å². The SMILES string of the molecule is CC(C)C(=O)N1CC=C(c2ncnc3[nH]c4cc(S(=O)(=O)NC5(C#N)CC5)c(F)cc4c23)CC1. The van der Waals surface area contributed by atoms with Crippen LogP contribution in [0, 0.1) is 23.1 Å². The van der Waals surface area contributed by atoms with Crippen molar-refractivity contribution >= 4 is 43.4 Å². The van der Waals surface area contributed by atoms with Crippen molar-refractivity contribution in [2.75, 3.05) is 13.1 Å². The Morgan fingerprint density at radius 1 is 1.32 bits per heavy atom. The normalized spacial score (nSPS) is 17.7. The van der Waals surface area contributed by atoms with Crippen LogP contribution in [0.4, 0.5) is 4.39 Å². The maximum Gasteiger partial charge on any atom is 0.244 e. The number of carbonyl (C=O) groups excluding carboxylic acids is 1. The van der Waals surface area contributed by atoms with Crippen LogP contribution in [0.2, 0.25) is 0 Å². The molecule has 0 saturated heterocycles. The third kappa shape index (κ3) is 3.73. The first-order valence-electron chi connectivity index (χ1n) is 11.0. The van der Waals surface area contributed by atoms with Crippen LogP contribution < -0.4 is 4.72 Å². The summed E-state index contributed by atoms with van der Waals surface area (Å²) in [6, 6.07) is 4.34. The topological polar surface area (TPSA) is 132 Å². The molecule has 0 radical (unpaired) electrons. The molecule has 3 heterocycles. The second-order valence-electron chi connectivity index (χ2n) is 9.12. The van der Waals surface area contributed by atoms with E-state index >= 15 is 4.39 Å². The molecule has 1 aliphatic carbocycles. The monoisotopic (exact) mass is 482 g/mol. The molecule has 1 aliphatic heterocycles. The number of benzene rings is 1. The van der Waals surface area contributed by atoms with Crippen molar-refractivity contribution < 1.29 is 17.6 Å². The summed E-state index contributed by atoms with van der Waals surface area (Å²) >= 11 is 0. The number of rotatable bonds is 5. The molecular formula is C23H23FN6O3S. The van der Waals surface area contributed by atoms with Gasteiger partial charge in [0.2, 0.25) is 15.9 Å². The number of hydrogen-bond donors (Lipinski definition) is 2. The van der Waals surface area contributed by atoms with Gasteiger partial charge in [-0.25, -0.2) is 22.8 Å². The molecule has 2 N–H and O–H groups in total. The first-order chi connectivity index (χ1) is 16.1. The summed E-state index contributed by atoms with van der Waals surface area (Å²) in [5.74, 6) is -0.917. The minimum atomic E-state index is -4.23. The highest BCUT2D eigenvalue weighted by molar-refractivity contribution is 7.89. The average molecular weight is 483 g/mol. The number of carbonyl (C=O) groups is 1. The molecule has 9 nitrogen and oxygen atoms in total. The van der Waals surface area contributed by atoms with E-state index in [1.807, 2.05) is 26.0 Å². The van der Waals surface area contributed by atoms with E-state index in [0.717, 1.165) is 5.57 Å².